The number of aryl methyl sites for hydroxylation is 1. The Hall–Kier alpha value is -0.580. The minimum absolute atomic E-state index is 0.320. The van der Waals surface area contributed by atoms with Crippen LogP contribution in [0, 0.1) is 6.92 Å². The van der Waals surface area contributed by atoms with E-state index < -0.39 is 0 Å². The zero-order chi connectivity index (χ0) is 14.3. The van der Waals surface area contributed by atoms with Gasteiger partial charge in [0.15, 0.2) is 0 Å². The molecular weight excluding hydrogens is 306 g/mol. The highest BCUT2D eigenvalue weighted by molar-refractivity contribution is 9.08. The van der Waals surface area contributed by atoms with Crippen molar-refractivity contribution in [3.8, 4) is 0 Å². The number of nitrogens with zero attached hydrogens (tertiary/aromatic N) is 1. The van der Waals surface area contributed by atoms with Gasteiger partial charge in [-0.15, -0.1) is 0 Å². The molecule has 1 unspecified atom stereocenters. The Kier molecular flexibility index (Phi) is 7.42. The fraction of sp³-hybridized carbons (Fsp3) is 0.600. The maximum Gasteiger partial charge on any atom is 0.0663 e. The largest absolute Gasteiger partial charge is 0.383 e. The fourth-order valence-corrected chi connectivity index (χ4v) is 2.65. The molecule has 0 N–H and O–H groups in total. The number of rotatable bonds is 8. The molecule has 0 bridgehead atoms. The summed E-state index contributed by atoms with van der Waals surface area (Å²) in [5.41, 5.74) is 3.84. The second-order valence-electron chi connectivity index (χ2n) is 4.76. The lowest BCUT2D eigenvalue weighted by Crippen LogP contribution is -2.39. The highest BCUT2D eigenvalue weighted by Crippen LogP contribution is 2.26. The van der Waals surface area contributed by atoms with Crippen LogP contribution in [0.1, 0.15) is 18.1 Å². The number of benzene rings is 1. The van der Waals surface area contributed by atoms with E-state index in [9.17, 15) is 0 Å². The van der Waals surface area contributed by atoms with Gasteiger partial charge in [-0.2, -0.15) is 0 Å². The van der Waals surface area contributed by atoms with Crippen molar-refractivity contribution in [2.75, 3.05) is 38.9 Å². The number of hydrogen-bond acceptors (Lipinski definition) is 3. The average Bonchev–Trinajstić information content (AvgIpc) is 2.40. The van der Waals surface area contributed by atoms with Crippen molar-refractivity contribution in [2.24, 2.45) is 0 Å². The van der Waals surface area contributed by atoms with Gasteiger partial charge >= 0.3 is 0 Å². The van der Waals surface area contributed by atoms with Crippen molar-refractivity contribution in [1.82, 2.24) is 0 Å². The lowest BCUT2D eigenvalue weighted by Gasteiger charge is -2.32. The summed E-state index contributed by atoms with van der Waals surface area (Å²) in [5.74, 6) is 0. The predicted octanol–water partition coefficient (Wildman–Crippen LogP) is 3.38. The molecule has 1 rings (SSSR count). The molecule has 0 fully saturated rings. The molecular formula is C15H24BrNO2. The lowest BCUT2D eigenvalue weighted by atomic mass is 10.1. The van der Waals surface area contributed by atoms with Gasteiger partial charge in [-0.05, 0) is 25.5 Å². The van der Waals surface area contributed by atoms with Crippen LogP contribution >= 0.6 is 15.9 Å². The van der Waals surface area contributed by atoms with Crippen LogP contribution in [0.3, 0.4) is 0 Å². The topological polar surface area (TPSA) is 21.7 Å². The van der Waals surface area contributed by atoms with Crippen molar-refractivity contribution in [3.05, 3.63) is 29.3 Å². The Labute approximate surface area is 125 Å². The number of alkyl halides is 1. The monoisotopic (exact) mass is 329 g/mol. The molecule has 0 amide bonds. The van der Waals surface area contributed by atoms with Gasteiger partial charge < -0.3 is 14.4 Å². The molecule has 19 heavy (non-hydrogen) atoms. The molecule has 0 saturated carbocycles. The molecule has 1 aromatic carbocycles. The molecule has 0 aromatic heterocycles. The highest BCUT2D eigenvalue weighted by atomic mass is 79.9. The molecule has 0 aliphatic rings. The van der Waals surface area contributed by atoms with Gasteiger partial charge in [0.05, 0.1) is 13.2 Å². The summed E-state index contributed by atoms with van der Waals surface area (Å²) in [6, 6.07) is 6.89. The van der Waals surface area contributed by atoms with Crippen molar-refractivity contribution in [2.45, 2.75) is 25.2 Å². The van der Waals surface area contributed by atoms with Crippen LogP contribution in [-0.2, 0) is 14.8 Å². The van der Waals surface area contributed by atoms with E-state index in [1.54, 1.807) is 14.2 Å². The van der Waals surface area contributed by atoms with E-state index in [1.807, 2.05) is 0 Å². The number of hydrogen-bond donors (Lipinski definition) is 0. The van der Waals surface area contributed by atoms with Crippen LogP contribution in [0.4, 0.5) is 5.69 Å². The average molecular weight is 330 g/mol. The quantitative estimate of drug-likeness (QED) is 0.682. The van der Waals surface area contributed by atoms with Crippen LogP contribution < -0.4 is 4.90 Å². The zero-order valence-corrected chi connectivity index (χ0v) is 13.9. The Morgan fingerprint density at radius 1 is 1.26 bits per heavy atom. The van der Waals surface area contributed by atoms with Gasteiger partial charge in [0, 0.05) is 37.8 Å². The first-order valence-corrected chi connectivity index (χ1v) is 7.66. The minimum atomic E-state index is 0.320. The molecule has 3 nitrogen and oxygen atoms in total. The van der Waals surface area contributed by atoms with Gasteiger partial charge in [0.1, 0.15) is 0 Å². The Balaban J connectivity index is 3.01. The number of anilines is 1. The number of halogens is 1. The van der Waals surface area contributed by atoms with E-state index in [-0.39, 0.29) is 0 Å². The zero-order valence-electron chi connectivity index (χ0n) is 12.3. The van der Waals surface area contributed by atoms with Crippen molar-refractivity contribution < 1.29 is 9.47 Å². The standard InChI is InChI=1S/C15H24BrNO2/c1-12-5-6-15(14(9-12)10-16)17(7-8-18-3)13(2)11-19-4/h5-6,9,13H,7-8,10-11H2,1-4H3. The Bertz CT molecular complexity index is 384. The lowest BCUT2D eigenvalue weighted by molar-refractivity contribution is 0.171. The summed E-state index contributed by atoms with van der Waals surface area (Å²) < 4.78 is 10.5. The number of methoxy groups -OCH3 is 2. The maximum atomic E-state index is 5.29. The van der Waals surface area contributed by atoms with E-state index in [0.717, 1.165) is 11.9 Å². The first-order valence-electron chi connectivity index (χ1n) is 6.54. The smallest absolute Gasteiger partial charge is 0.0663 e. The molecule has 1 aromatic rings. The summed E-state index contributed by atoms with van der Waals surface area (Å²) in [5, 5.41) is 0.854. The third kappa shape index (κ3) is 4.79. The SMILES string of the molecule is COCCN(c1ccc(C)cc1CBr)C(C)COC. The normalized spacial score (nSPS) is 12.5. The van der Waals surface area contributed by atoms with Gasteiger partial charge in [-0.25, -0.2) is 0 Å². The second kappa shape index (κ2) is 8.56. The van der Waals surface area contributed by atoms with Gasteiger partial charge in [-0.3, -0.25) is 0 Å². The fourth-order valence-electron chi connectivity index (χ4n) is 2.20. The van der Waals surface area contributed by atoms with Crippen LogP contribution in [0.2, 0.25) is 0 Å². The van der Waals surface area contributed by atoms with E-state index in [1.165, 1.54) is 16.8 Å². The highest BCUT2D eigenvalue weighted by Gasteiger charge is 2.17. The molecule has 0 radical (unpaired) electrons. The van der Waals surface area contributed by atoms with Crippen molar-refractivity contribution >= 4 is 21.6 Å². The van der Waals surface area contributed by atoms with Gasteiger partial charge in [0.2, 0.25) is 0 Å². The van der Waals surface area contributed by atoms with Crippen LogP contribution in [0.5, 0.6) is 0 Å². The predicted molar refractivity (Wildman–Crippen MR) is 84.4 cm³/mol. The molecule has 0 aliphatic heterocycles. The van der Waals surface area contributed by atoms with Crippen LogP contribution in [0.15, 0.2) is 18.2 Å². The third-order valence-corrected chi connectivity index (χ3v) is 3.77. The summed E-state index contributed by atoms with van der Waals surface area (Å²) in [6.45, 7) is 6.58. The van der Waals surface area contributed by atoms with Crippen molar-refractivity contribution in [1.29, 1.82) is 0 Å². The minimum Gasteiger partial charge on any atom is -0.383 e. The molecule has 0 spiro atoms. The molecule has 4 heteroatoms. The number of ether oxygens (including phenoxy) is 2. The molecule has 0 aliphatic carbocycles. The van der Waals surface area contributed by atoms with Gasteiger partial charge in [-0.1, -0.05) is 33.6 Å². The maximum absolute atomic E-state index is 5.29. The molecule has 1 atom stereocenters. The summed E-state index contributed by atoms with van der Waals surface area (Å²) in [4.78, 5) is 2.35. The van der Waals surface area contributed by atoms with Crippen molar-refractivity contribution in [3.63, 3.8) is 0 Å². The van der Waals surface area contributed by atoms with E-state index in [0.29, 0.717) is 19.3 Å². The van der Waals surface area contributed by atoms with E-state index >= 15 is 0 Å². The van der Waals surface area contributed by atoms with Gasteiger partial charge in [0.25, 0.3) is 0 Å². The second-order valence-corrected chi connectivity index (χ2v) is 5.32. The van der Waals surface area contributed by atoms with E-state index in [4.69, 9.17) is 9.47 Å². The first kappa shape index (κ1) is 16.5. The third-order valence-electron chi connectivity index (χ3n) is 3.16. The van der Waals surface area contributed by atoms with E-state index in [2.05, 4.69) is 52.9 Å². The molecule has 108 valence electrons. The first-order chi connectivity index (χ1) is 9.13. The molecule has 0 heterocycles. The molecule has 0 saturated heterocycles. The Morgan fingerprint density at radius 2 is 2.00 bits per heavy atom. The van der Waals surface area contributed by atoms with Crippen LogP contribution in [0.25, 0.3) is 0 Å². The summed E-state index contributed by atoms with van der Waals surface area (Å²) in [6.07, 6.45) is 0. The summed E-state index contributed by atoms with van der Waals surface area (Å²) in [7, 11) is 3.48. The summed E-state index contributed by atoms with van der Waals surface area (Å²) >= 11 is 3.58. The Morgan fingerprint density at radius 3 is 2.58 bits per heavy atom. The van der Waals surface area contributed by atoms with Crippen LogP contribution in [-0.4, -0.2) is 40.0 Å².